The first-order valence-corrected chi connectivity index (χ1v) is 10.5. The lowest BCUT2D eigenvalue weighted by Crippen LogP contribution is -2.39. The minimum Gasteiger partial charge on any atom is -0.489 e. The number of hydrogen-bond donors (Lipinski definition) is 1. The molecule has 0 atom stereocenters. The number of piperidine rings is 2. The molecule has 2 saturated heterocycles. The lowest BCUT2D eigenvalue weighted by molar-refractivity contribution is 0.0701. The first-order chi connectivity index (χ1) is 13.7. The van der Waals surface area contributed by atoms with Crippen LogP contribution in [0, 0.1) is 6.92 Å². The fourth-order valence-electron chi connectivity index (χ4n) is 4.14. The number of carbonyl (C=O) groups excluding carboxylic acids is 1. The summed E-state index contributed by atoms with van der Waals surface area (Å²) in [4.78, 5) is 25.0. The van der Waals surface area contributed by atoms with Gasteiger partial charge in [-0.15, -0.1) is 0 Å². The number of carbonyl (C=O) groups is 1. The van der Waals surface area contributed by atoms with E-state index in [-0.39, 0.29) is 12.0 Å². The highest BCUT2D eigenvalue weighted by molar-refractivity contribution is 5.97. The van der Waals surface area contributed by atoms with E-state index in [1.54, 1.807) is 0 Å². The third kappa shape index (κ3) is 4.55. The van der Waals surface area contributed by atoms with Gasteiger partial charge in [-0.25, -0.2) is 4.98 Å². The van der Waals surface area contributed by atoms with Crippen molar-refractivity contribution in [1.29, 1.82) is 0 Å². The normalized spacial score (nSPS) is 19.0. The van der Waals surface area contributed by atoms with Gasteiger partial charge in [-0.3, -0.25) is 9.69 Å². The van der Waals surface area contributed by atoms with E-state index in [2.05, 4.69) is 14.9 Å². The number of likely N-dealkylation sites (tertiary alicyclic amines) is 2. The van der Waals surface area contributed by atoms with Gasteiger partial charge in [-0.05, 0) is 51.2 Å². The van der Waals surface area contributed by atoms with Gasteiger partial charge in [-0.2, -0.15) is 0 Å². The molecule has 1 amide bonds. The highest BCUT2D eigenvalue weighted by Crippen LogP contribution is 2.25. The minimum absolute atomic E-state index is 0.112. The van der Waals surface area contributed by atoms with Gasteiger partial charge in [0.25, 0.3) is 5.91 Å². The Hall–Kier alpha value is -2.34. The Morgan fingerprint density at radius 3 is 2.61 bits per heavy atom. The molecule has 0 aliphatic carbocycles. The van der Waals surface area contributed by atoms with Gasteiger partial charge in [0, 0.05) is 38.1 Å². The molecule has 2 aromatic rings. The van der Waals surface area contributed by atoms with Gasteiger partial charge >= 0.3 is 0 Å². The maximum atomic E-state index is 12.9. The summed E-state index contributed by atoms with van der Waals surface area (Å²) in [6, 6.07) is 7.73. The lowest BCUT2D eigenvalue weighted by atomic mass is 10.1. The summed E-state index contributed by atoms with van der Waals surface area (Å²) in [5.41, 5.74) is 1.81. The molecule has 6 heteroatoms. The summed E-state index contributed by atoms with van der Waals surface area (Å²) in [7, 11) is 0. The van der Waals surface area contributed by atoms with Gasteiger partial charge in [0.15, 0.2) is 0 Å². The molecule has 1 aromatic carbocycles. The molecule has 1 aromatic heterocycles. The molecule has 0 unspecified atom stereocenters. The second kappa shape index (κ2) is 8.78. The second-order valence-corrected chi connectivity index (χ2v) is 7.96. The Balaban J connectivity index is 1.34. The van der Waals surface area contributed by atoms with E-state index in [4.69, 9.17) is 4.74 Å². The van der Waals surface area contributed by atoms with Crippen LogP contribution in [0.4, 0.5) is 0 Å². The van der Waals surface area contributed by atoms with Gasteiger partial charge in [0.2, 0.25) is 0 Å². The average molecular weight is 383 g/mol. The maximum Gasteiger partial charge on any atom is 0.257 e. The Bertz CT molecular complexity index is 789. The Morgan fingerprint density at radius 1 is 1.14 bits per heavy atom. The molecule has 0 spiro atoms. The van der Waals surface area contributed by atoms with Crippen LogP contribution in [-0.2, 0) is 6.54 Å². The van der Waals surface area contributed by atoms with Crippen molar-refractivity contribution in [3.05, 3.63) is 47.5 Å². The van der Waals surface area contributed by atoms with Crippen molar-refractivity contribution in [2.24, 2.45) is 0 Å². The van der Waals surface area contributed by atoms with Gasteiger partial charge in [0.1, 0.15) is 17.7 Å². The standard InChI is InChI=1S/C22H30N4O2/c1-17-15-23-21(24-17)16-25-13-9-18(10-14-25)28-20-8-4-3-7-19(20)22(27)26-11-5-2-6-12-26/h3-4,7-8,15,18H,2,5-6,9-14,16H2,1H3,(H,23,24). The molecule has 0 bridgehead atoms. The number of ether oxygens (including phenoxy) is 1. The van der Waals surface area contributed by atoms with Gasteiger partial charge < -0.3 is 14.6 Å². The van der Waals surface area contributed by atoms with Crippen molar-refractivity contribution in [2.75, 3.05) is 26.2 Å². The molecule has 2 aliphatic heterocycles. The minimum atomic E-state index is 0.112. The van der Waals surface area contributed by atoms with E-state index in [9.17, 15) is 4.79 Å². The van der Waals surface area contributed by atoms with Crippen LogP contribution in [0.2, 0.25) is 0 Å². The number of aryl methyl sites for hydroxylation is 1. The largest absolute Gasteiger partial charge is 0.489 e. The van der Waals surface area contributed by atoms with Gasteiger partial charge in [0.05, 0.1) is 12.1 Å². The van der Waals surface area contributed by atoms with E-state index in [0.29, 0.717) is 5.56 Å². The zero-order valence-electron chi connectivity index (χ0n) is 16.7. The van der Waals surface area contributed by atoms with Crippen LogP contribution in [0.3, 0.4) is 0 Å². The summed E-state index contributed by atoms with van der Waals surface area (Å²) in [5.74, 6) is 1.87. The number of benzene rings is 1. The van der Waals surface area contributed by atoms with Crippen molar-refractivity contribution in [1.82, 2.24) is 19.8 Å². The number of para-hydroxylation sites is 1. The van der Waals surface area contributed by atoms with Crippen LogP contribution in [0.25, 0.3) is 0 Å². The topological polar surface area (TPSA) is 61.5 Å². The highest BCUT2D eigenvalue weighted by Gasteiger charge is 2.25. The van der Waals surface area contributed by atoms with E-state index in [1.165, 1.54) is 6.42 Å². The smallest absolute Gasteiger partial charge is 0.257 e. The molecule has 150 valence electrons. The van der Waals surface area contributed by atoms with E-state index < -0.39 is 0 Å². The Labute approximate surface area is 166 Å². The third-order valence-electron chi connectivity index (χ3n) is 5.72. The highest BCUT2D eigenvalue weighted by atomic mass is 16.5. The molecule has 0 saturated carbocycles. The molecule has 1 N–H and O–H groups in total. The van der Waals surface area contributed by atoms with E-state index >= 15 is 0 Å². The number of imidazole rings is 1. The molecular formula is C22H30N4O2. The molecule has 3 heterocycles. The van der Waals surface area contributed by atoms with Crippen LogP contribution < -0.4 is 4.74 Å². The summed E-state index contributed by atoms with van der Waals surface area (Å²) >= 11 is 0. The number of nitrogens with zero attached hydrogens (tertiary/aromatic N) is 3. The first-order valence-electron chi connectivity index (χ1n) is 10.5. The fourth-order valence-corrected chi connectivity index (χ4v) is 4.14. The summed E-state index contributed by atoms with van der Waals surface area (Å²) in [6.45, 7) is 6.55. The molecule has 0 radical (unpaired) electrons. The monoisotopic (exact) mass is 382 g/mol. The zero-order valence-corrected chi connectivity index (χ0v) is 16.7. The number of hydrogen-bond acceptors (Lipinski definition) is 4. The number of nitrogens with one attached hydrogen (secondary N) is 1. The van der Waals surface area contributed by atoms with Crippen molar-refractivity contribution >= 4 is 5.91 Å². The second-order valence-electron chi connectivity index (χ2n) is 7.96. The SMILES string of the molecule is Cc1cnc(CN2CCC(Oc3ccccc3C(=O)N3CCCCC3)CC2)[nH]1. The van der Waals surface area contributed by atoms with Crippen molar-refractivity contribution in [3.63, 3.8) is 0 Å². The van der Waals surface area contributed by atoms with Crippen molar-refractivity contribution in [2.45, 2.75) is 51.7 Å². The average Bonchev–Trinajstić information content (AvgIpc) is 3.14. The molecule has 6 nitrogen and oxygen atoms in total. The first kappa shape index (κ1) is 19.0. The zero-order chi connectivity index (χ0) is 19.3. The van der Waals surface area contributed by atoms with Crippen LogP contribution in [0.15, 0.2) is 30.5 Å². The van der Waals surface area contributed by atoms with Crippen LogP contribution in [0.1, 0.15) is 54.0 Å². The molecular weight excluding hydrogens is 352 g/mol. The lowest BCUT2D eigenvalue weighted by Gasteiger charge is -2.32. The van der Waals surface area contributed by atoms with Crippen LogP contribution in [-0.4, -0.2) is 58.0 Å². The Kier molecular flexibility index (Phi) is 5.95. The molecule has 28 heavy (non-hydrogen) atoms. The van der Waals surface area contributed by atoms with Crippen LogP contribution in [0.5, 0.6) is 5.75 Å². The number of amides is 1. The fraction of sp³-hybridized carbons (Fsp3) is 0.545. The quantitative estimate of drug-likeness (QED) is 0.861. The van der Waals surface area contributed by atoms with E-state index in [0.717, 1.165) is 75.7 Å². The Morgan fingerprint density at radius 2 is 1.89 bits per heavy atom. The molecule has 4 rings (SSSR count). The summed E-state index contributed by atoms with van der Waals surface area (Å²) < 4.78 is 6.30. The van der Waals surface area contributed by atoms with Crippen molar-refractivity contribution < 1.29 is 9.53 Å². The number of rotatable bonds is 5. The van der Waals surface area contributed by atoms with E-state index in [1.807, 2.05) is 42.3 Å². The number of aromatic amines is 1. The summed E-state index contributed by atoms with van der Waals surface area (Å²) in [5, 5.41) is 0. The predicted molar refractivity (Wildman–Crippen MR) is 108 cm³/mol. The summed E-state index contributed by atoms with van der Waals surface area (Å²) in [6.07, 6.45) is 7.38. The maximum absolute atomic E-state index is 12.9. The predicted octanol–water partition coefficient (Wildman–Crippen LogP) is 3.39. The van der Waals surface area contributed by atoms with Gasteiger partial charge in [-0.1, -0.05) is 12.1 Å². The third-order valence-corrected chi connectivity index (χ3v) is 5.72. The number of aromatic nitrogens is 2. The molecule has 2 aliphatic rings. The molecule has 2 fully saturated rings. The number of H-pyrrole nitrogens is 1. The van der Waals surface area contributed by atoms with Crippen molar-refractivity contribution in [3.8, 4) is 5.75 Å². The van der Waals surface area contributed by atoms with Crippen LogP contribution >= 0.6 is 0 Å².